The molecule has 12 atom stereocenters. The van der Waals surface area contributed by atoms with Crippen LogP contribution < -0.4 is 91.6 Å². The lowest BCUT2D eigenvalue weighted by Crippen LogP contribution is -2.61. The number of amides is 14. The van der Waals surface area contributed by atoms with Gasteiger partial charge in [0.1, 0.15) is 66.6 Å². The Balaban J connectivity index is 1.24. The molecule has 0 saturated carbocycles. The Kier molecular flexibility index (Phi) is 44.5. The van der Waals surface area contributed by atoms with Crippen LogP contribution >= 0.6 is 11.8 Å². The Morgan fingerprint density at radius 1 is 0.705 bits per heavy atom. The lowest BCUT2D eigenvalue weighted by molar-refractivity contribution is -0.155. The Bertz CT molecular complexity index is 4770. The normalized spacial score (nSPS) is 18.9. The summed E-state index contributed by atoms with van der Waals surface area (Å²) in [4.78, 5) is 229. The van der Waals surface area contributed by atoms with Crippen molar-refractivity contribution in [2.24, 2.45) is 28.5 Å². The maximum Gasteiger partial charge on any atom is 0.407 e. The maximum atomic E-state index is 15.3. The van der Waals surface area contributed by atoms with Crippen molar-refractivity contribution in [2.45, 2.75) is 215 Å². The van der Waals surface area contributed by atoms with E-state index in [1.165, 1.54) is 44.5 Å². The molecule has 44 heteroatoms. The van der Waals surface area contributed by atoms with E-state index in [4.69, 9.17) is 36.5 Å². The number of carbonyl (C=O) groups is 16. The number of fused-ring (bicyclic) bond motifs is 1. The number of alkyl carbamates (subject to hydrolysis) is 1. The van der Waals surface area contributed by atoms with Crippen LogP contribution in [0.2, 0.25) is 0 Å². The molecule has 6 rings (SSSR count). The first-order chi connectivity index (χ1) is 62.7. The van der Waals surface area contributed by atoms with E-state index in [1.54, 1.807) is 144 Å². The number of nitrogens with one attached hydrogen (secondary N) is 14. The quantitative estimate of drug-likeness (QED) is 0.0161. The van der Waals surface area contributed by atoms with Crippen LogP contribution in [0.1, 0.15) is 147 Å². The molecule has 5 aromatic rings. The maximum absolute atomic E-state index is 15.3. The van der Waals surface area contributed by atoms with Crippen molar-refractivity contribution in [1.82, 2.24) is 94.1 Å². The van der Waals surface area contributed by atoms with Crippen LogP contribution in [0.25, 0.3) is 23.1 Å². The van der Waals surface area contributed by atoms with E-state index < -0.39 is 206 Å². The Morgan fingerprint density at radius 2 is 1.36 bits per heavy atom. The number of esters is 1. The number of hydrogen-bond donors (Lipinski definition) is 20. The number of rotatable bonds is 40. The molecule has 0 bridgehead atoms. The number of aromatic nitrogens is 3. The predicted molar refractivity (Wildman–Crippen MR) is 485 cm³/mol. The van der Waals surface area contributed by atoms with Crippen LogP contribution in [-0.2, 0) is 83.0 Å². The zero-order valence-corrected chi connectivity index (χ0v) is 76.7. The molecule has 132 heavy (non-hydrogen) atoms. The number of carbonyl (C=O) groups excluding carboxylic acids is 15. The van der Waals surface area contributed by atoms with Crippen molar-refractivity contribution in [1.29, 1.82) is 0 Å². The highest BCUT2D eigenvalue weighted by atomic mass is 32.2. The van der Waals surface area contributed by atoms with E-state index in [9.17, 15) is 87.2 Å². The Hall–Kier alpha value is -12.6. The minimum absolute atomic E-state index is 0.00296. The smallest absolute Gasteiger partial charge is 0.407 e. The summed E-state index contributed by atoms with van der Waals surface area (Å²) in [6.45, 7) is 10.3. The number of carboxylic acid groups (broad SMARTS) is 1. The van der Waals surface area contributed by atoms with Gasteiger partial charge in [-0.3, -0.25) is 72.6 Å². The molecular formula is C88H127N21O22S. The van der Waals surface area contributed by atoms with Gasteiger partial charge in [-0.1, -0.05) is 74.1 Å². The molecule has 2 aromatic heterocycles. The molecule has 1 saturated heterocycles. The second-order valence-electron chi connectivity index (χ2n) is 33.4. The van der Waals surface area contributed by atoms with Gasteiger partial charge >= 0.3 is 24.1 Å². The van der Waals surface area contributed by atoms with Gasteiger partial charge in [0.15, 0.2) is 0 Å². The number of benzene rings is 3. The van der Waals surface area contributed by atoms with Gasteiger partial charge in [-0.05, 0) is 179 Å². The molecule has 23 N–H and O–H groups in total. The third kappa shape index (κ3) is 35.9. The molecule has 1 fully saturated rings. The van der Waals surface area contributed by atoms with Gasteiger partial charge in [-0.15, -0.1) is 0 Å². The Labute approximate surface area is 769 Å². The highest BCUT2D eigenvalue weighted by Gasteiger charge is 2.39. The number of carboxylic acids is 1. The molecule has 0 unspecified atom stereocenters. The first kappa shape index (κ1) is 108. The third-order valence-corrected chi connectivity index (χ3v) is 21.5. The molecule has 3 heterocycles. The van der Waals surface area contributed by atoms with E-state index in [-0.39, 0.29) is 121 Å². The van der Waals surface area contributed by atoms with Gasteiger partial charge in [-0.25, -0.2) is 14.4 Å². The number of hydrogen-bond acceptors (Lipinski definition) is 28. The number of aliphatic carboxylic acids is 1. The summed E-state index contributed by atoms with van der Waals surface area (Å²) >= 11 is 1.23. The van der Waals surface area contributed by atoms with E-state index >= 15 is 4.79 Å². The fourth-order valence-electron chi connectivity index (χ4n) is 13.6. The number of aliphatic hydroxyl groups excluding tert-OH is 2. The summed E-state index contributed by atoms with van der Waals surface area (Å²) in [5.41, 5.74) is 17.6. The number of ether oxygens (including phenoxy) is 3. The predicted octanol–water partition coefficient (Wildman–Crippen LogP) is -1.22. The van der Waals surface area contributed by atoms with Crippen molar-refractivity contribution >= 4 is 130 Å². The highest BCUT2D eigenvalue weighted by molar-refractivity contribution is 7.99. The molecule has 722 valence electrons. The van der Waals surface area contributed by atoms with Crippen LogP contribution in [0.3, 0.4) is 0 Å². The van der Waals surface area contributed by atoms with E-state index in [0.29, 0.717) is 37.7 Å². The third-order valence-electron chi connectivity index (χ3n) is 20.4. The van der Waals surface area contributed by atoms with E-state index in [2.05, 4.69) is 79.4 Å². The second kappa shape index (κ2) is 54.3. The minimum Gasteiger partial charge on any atom is -0.480 e. The van der Waals surface area contributed by atoms with Crippen LogP contribution in [0, 0.1) is 11.3 Å². The molecular weight excluding hydrogens is 1740 g/mol. The van der Waals surface area contributed by atoms with E-state index in [1.807, 2.05) is 0 Å². The minimum atomic E-state index is -1.84. The van der Waals surface area contributed by atoms with Gasteiger partial charge < -0.3 is 121 Å². The standard InChI is InChI=1S/C88H127N21O22S/c1-51(2)44-66-79(120)102-63(33-40-96-85(127)131-87(5,6)7)75(116)99-56(29-35-89)47-129-50-98-72(52(3)111)81(122)95-39-32-64(78(119)100-61(30-36-90)77(118)105-67(80(121)104-66)45-54-18-12-11-13-19-54)101-76(117)62(31-37-91)103-82(123)73(53(4)112)106-71(114)34-43-130-84(126)88(8,9)48-108(42-41-94-70(113)28-27-65(83(124)125)97-49-110)86(128)109-68-46-57(132-69-22-15-14-21-59(69)74(115)92-10)24-25-58(68)60(107-109)26-23-55-20-16-17-38-93-55/h11-26,38,46,49,51-53,56,61-67,72-73,98,111-112H,27-37,39-45,47-48,50,89-91H2,1-10H3,(H,92,115)(H,94,113)(H,95,122)(H,96,127)(H,97,110)(H,99,116)(H,100,119)(H,101,117)(H,102,120)(H,103,123)(H,104,121)(H,105,118)(H,106,114)(H,124,125)/b26-23+/t52-,53+,56+,61+,62+,63+,64+,65+,66+,67-,72+,73+/m1/s1. The zero-order chi connectivity index (χ0) is 97.4. The summed E-state index contributed by atoms with van der Waals surface area (Å²) < 4.78 is 18.0. The summed E-state index contributed by atoms with van der Waals surface area (Å²) in [5.74, 6) is -12.2. The molecule has 3 aromatic carbocycles. The summed E-state index contributed by atoms with van der Waals surface area (Å²) in [6.07, 6.45) is -1.53. The monoisotopic (exact) mass is 1860 g/mol. The van der Waals surface area contributed by atoms with Crippen LogP contribution in [0.5, 0.6) is 0 Å². The van der Waals surface area contributed by atoms with Crippen molar-refractivity contribution in [3.8, 4) is 0 Å². The fourth-order valence-corrected chi connectivity index (χ4v) is 14.5. The second-order valence-corrected chi connectivity index (χ2v) is 34.5. The molecule has 14 amide bonds. The molecule has 0 aliphatic carbocycles. The first-order valence-corrected chi connectivity index (χ1v) is 44.3. The number of pyridine rings is 1. The average molecular weight is 1860 g/mol. The molecule has 1 aliphatic rings. The summed E-state index contributed by atoms with van der Waals surface area (Å²) in [7, 11) is 1.50. The van der Waals surface area contributed by atoms with Crippen LogP contribution in [0.4, 0.5) is 9.59 Å². The van der Waals surface area contributed by atoms with Crippen LogP contribution in [-0.4, -0.2) is 288 Å². The largest absolute Gasteiger partial charge is 0.480 e. The van der Waals surface area contributed by atoms with Gasteiger partial charge in [-0.2, -0.15) is 9.78 Å². The van der Waals surface area contributed by atoms with Crippen LogP contribution in [0.15, 0.2) is 107 Å². The SMILES string of the molecule is CNC(=O)c1ccccc1Sc1ccc2c(/C=C/c3ccccn3)nn(C(=O)N(CCNC(=O)CC[C@H](NC=O)C(=O)O)CC(C)(C)C(=O)OCCC(=O)N[C@H](C(=O)N[C@@H](CCN)C(=O)N[C@H]3CCNC(=O)[C@H]([C@@H](C)O)NCOC[C@H](CCN)NC(=O)[C@H](CCNC(=O)OC(C)(C)C)NC(=O)[C@H](CC(C)C)NC(=O)[C@@H](Cc4ccccc4)NC(=O)[C@H](CCN)NC3=O)[C@H](C)O)c2c1. The summed E-state index contributed by atoms with van der Waals surface area (Å²) in [5, 5.41) is 73.2. The molecule has 0 radical (unpaired) electrons. The zero-order valence-electron chi connectivity index (χ0n) is 75.9. The molecule has 0 spiro atoms. The lowest BCUT2D eigenvalue weighted by atomic mass is 9.93. The highest BCUT2D eigenvalue weighted by Crippen LogP contribution is 2.34. The topological polar surface area (TPSA) is 642 Å². The summed E-state index contributed by atoms with van der Waals surface area (Å²) in [6, 6.07) is 10.3. The fraction of sp³-hybridized carbons (Fsp3) is 0.523. The Morgan fingerprint density at radius 3 is 2.02 bits per heavy atom. The lowest BCUT2D eigenvalue weighted by Gasteiger charge is -2.31. The molecule has 43 nitrogen and oxygen atoms in total. The first-order valence-electron chi connectivity index (χ1n) is 43.4. The average Bonchev–Trinajstić information content (AvgIpc) is 1.62. The number of nitrogens with zero attached hydrogens (tertiary/aromatic N) is 4. The van der Waals surface area contributed by atoms with Gasteiger partial charge in [0, 0.05) is 74.0 Å². The van der Waals surface area contributed by atoms with Gasteiger partial charge in [0.05, 0.1) is 65.9 Å². The van der Waals surface area contributed by atoms with Crippen molar-refractivity contribution < 1.29 is 106 Å². The van der Waals surface area contributed by atoms with Crippen molar-refractivity contribution in [2.75, 3.05) is 79.4 Å². The van der Waals surface area contributed by atoms with Crippen molar-refractivity contribution in [3.05, 3.63) is 120 Å². The number of aliphatic hydroxyl groups is 2. The van der Waals surface area contributed by atoms with Crippen molar-refractivity contribution in [3.63, 3.8) is 0 Å². The number of nitrogens with two attached hydrogens (primary N) is 3. The van der Waals surface area contributed by atoms with Gasteiger partial charge in [0.2, 0.25) is 65.5 Å². The van der Waals surface area contributed by atoms with E-state index in [0.717, 1.165) is 11.6 Å². The molecule has 1 aliphatic heterocycles. The van der Waals surface area contributed by atoms with Gasteiger partial charge in [0.25, 0.3) is 5.91 Å².